The Bertz CT molecular complexity index is 788. The number of nitrogens with one attached hydrogen (secondary N) is 1. The summed E-state index contributed by atoms with van der Waals surface area (Å²) in [6.45, 7) is 1.26. The van der Waals surface area contributed by atoms with Crippen molar-refractivity contribution in [3.8, 4) is 0 Å². The van der Waals surface area contributed by atoms with Crippen molar-refractivity contribution in [2.75, 3.05) is 27.2 Å². The molecule has 0 unspecified atom stereocenters. The molecule has 0 spiro atoms. The van der Waals surface area contributed by atoms with E-state index in [9.17, 15) is 14.4 Å². The lowest BCUT2D eigenvalue weighted by molar-refractivity contribution is -0.137. The summed E-state index contributed by atoms with van der Waals surface area (Å²) in [6, 6.07) is 8.85. The van der Waals surface area contributed by atoms with Crippen LogP contribution in [0.15, 0.2) is 30.3 Å². The van der Waals surface area contributed by atoms with Gasteiger partial charge in [0, 0.05) is 25.2 Å². The maximum atomic E-state index is 12.3. The molecule has 24 heavy (non-hydrogen) atoms. The summed E-state index contributed by atoms with van der Waals surface area (Å²) in [4.78, 5) is 41.0. The molecule has 0 aliphatic carbocycles. The molecular formula is C17H19N3O4. The zero-order valence-electron chi connectivity index (χ0n) is 13.8. The number of carbonyl (C=O) groups is 3. The molecule has 7 nitrogen and oxygen atoms in total. The van der Waals surface area contributed by atoms with Crippen LogP contribution in [0.1, 0.15) is 16.1 Å². The minimum Gasteiger partial charge on any atom is -0.452 e. The van der Waals surface area contributed by atoms with Crippen LogP contribution in [0.25, 0.3) is 10.9 Å². The van der Waals surface area contributed by atoms with Crippen LogP contribution in [0.4, 0.5) is 0 Å². The average molecular weight is 329 g/mol. The fraction of sp³-hybridized carbons (Fsp3) is 0.294. The van der Waals surface area contributed by atoms with Gasteiger partial charge in [0.2, 0.25) is 5.91 Å². The van der Waals surface area contributed by atoms with Crippen LogP contribution in [0, 0.1) is 6.92 Å². The summed E-state index contributed by atoms with van der Waals surface area (Å²) in [5.74, 6) is -1.35. The number of aromatic nitrogens is 1. The molecule has 1 aromatic carbocycles. The number of para-hydroxylation sites is 1. The number of rotatable bonds is 5. The fourth-order valence-corrected chi connectivity index (χ4v) is 2.17. The molecule has 0 aliphatic rings. The average Bonchev–Trinajstić information content (AvgIpc) is 2.58. The normalized spacial score (nSPS) is 10.3. The van der Waals surface area contributed by atoms with Crippen molar-refractivity contribution < 1.29 is 19.1 Å². The number of hydrogen-bond donors (Lipinski definition) is 1. The molecule has 2 rings (SSSR count). The van der Waals surface area contributed by atoms with Crippen LogP contribution in [0.3, 0.4) is 0 Å². The molecule has 0 radical (unpaired) electrons. The van der Waals surface area contributed by atoms with Crippen LogP contribution in [-0.4, -0.2) is 54.9 Å². The number of pyridine rings is 1. The standard InChI is InChI=1S/C17H19N3O4/c1-11-8-13(12-6-4-5-7-14(12)19-11)17(23)24-10-16(22)20(3)9-15(21)18-2/h4-8H,9-10H2,1-3H3,(H,18,21). The van der Waals surface area contributed by atoms with Gasteiger partial charge in [-0.1, -0.05) is 18.2 Å². The van der Waals surface area contributed by atoms with Crippen molar-refractivity contribution in [2.24, 2.45) is 0 Å². The van der Waals surface area contributed by atoms with Crippen molar-refractivity contribution in [1.82, 2.24) is 15.2 Å². The van der Waals surface area contributed by atoms with E-state index >= 15 is 0 Å². The largest absolute Gasteiger partial charge is 0.452 e. The molecule has 2 amide bonds. The first kappa shape index (κ1) is 17.4. The van der Waals surface area contributed by atoms with Crippen molar-refractivity contribution >= 4 is 28.7 Å². The van der Waals surface area contributed by atoms with E-state index in [2.05, 4.69) is 10.3 Å². The third kappa shape index (κ3) is 4.07. The number of hydrogen-bond acceptors (Lipinski definition) is 5. The number of carbonyl (C=O) groups excluding carboxylic acids is 3. The van der Waals surface area contributed by atoms with Gasteiger partial charge in [0.25, 0.3) is 5.91 Å². The second-order valence-corrected chi connectivity index (χ2v) is 5.33. The number of nitrogens with zero attached hydrogens (tertiary/aromatic N) is 2. The number of benzene rings is 1. The van der Waals surface area contributed by atoms with Crippen LogP contribution < -0.4 is 5.32 Å². The third-order valence-corrected chi connectivity index (χ3v) is 3.48. The van der Waals surface area contributed by atoms with Crippen LogP contribution in [0.2, 0.25) is 0 Å². The highest BCUT2D eigenvalue weighted by Crippen LogP contribution is 2.19. The first-order chi connectivity index (χ1) is 11.4. The van der Waals surface area contributed by atoms with Crippen LogP contribution in [-0.2, 0) is 14.3 Å². The summed E-state index contributed by atoms with van der Waals surface area (Å²) in [5, 5.41) is 3.09. The monoisotopic (exact) mass is 329 g/mol. The summed E-state index contributed by atoms with van der Waals surface area (Å²) in [6.07, 6.45) is 0. The lowest BCUT2D eigenvalue weighted by atomic mass is 10.1. The molecule has 1 N–H and O–H groups in total. The van der Waals surface area contributed by atoms with Crippen LogP contribution >= 0.6 is 0 Å². The first-order valence-corrected chi connectivity index (χ1v) is 7.40. The molecule has 1 aromatic heterocycles. The Hall–Kier alpha value is -2.96. The number of likely N-dealkylation sites (N-methyl/N-ethyl adjacent to an activating group) is 2. The van der Waals surface area contributed by atoms with E-state index in [0.29, 0.717) is 22.2 Å². The van der Waals surface area contributed by atoms with Crippen molar-refractivity contribution in [1.29, 1.82) is 0 Å². The van der Waals surface area contributed by atoms with Crippen molar-refractivity contribution in [3.05, 3.63) is 41.6 Å². The molecule has 126 valence electrons. The quantitative estimate of drug-likeness (QED) is 0.824. The van der Waals surface area contributed by atoms with Crippen molar-refractivity contribution in [3.63, 3.8) is 0 Å². The van der Waals surface area contributed by atoms with Gasteiger partial charge in [-0.2, -0.15) is 0 Å². The minimum atomic E-state index is -0.599. The zero-order valence-corrected chi connectivity index (χ0v) is 13.8. The van der Waals surface area contributed by atoms with E-state index in [1.54, 1.807) is 31.2 Å². The van der Waals surface area contributed by atoms with Crippen LogP contribution in [0.5, 0.6) is 0 Å². The van der Waals surface area contributed by atoms with Gasteiger partial charge < -0.3 is 15.0 Å². The van der Waals surface area contributed by atoms with Gasteiger partial charge in [-0.15, -0.1) is 0 Å². The molecule has 0 aliphatic heterocycles. The van der Waals surface area contributed by atoms with Gasteiger partial charge in [0.05, 0.1) is 17.6 Å². The topological polar surface area (TPSA) is 88.6 Å². The van der Waals surface area contributed by atoms with E-state index in [-0.39, 0.29) is 12.5 Å². The third-order valence-electron chi connectivity index (χ3n) is 3.48. The fourth-order valence-electron chi connectivity index (χ4n) is 2.17. The van der Waals surface area contributed by atoms with Gasteiger partial charge in [-0.3, -0.25) is 14.6 Å². The Morgan fingerprint density at radius 2 is 1.96 bits per heavy atom. The lowest BCUT2D eigenvalue weighted by Crippen LogP contribution is -2.39. The number of ether oxygens (including phenoxy) is 1. The molecule has 0 saturated carbocycles. The Labute approximate surface area is 139 Å². The molecular weight excluding hydrogens is 310 g/mol. The predicted octanol–water partition coefficient (Wildman–Crippen LogP) is 0.904. The lowest BCUT2D eigenvalue weighted by Gasteiger charge is -2.16. The summed E-state index contributed by atoms with van der Waals surface area (Å²) in [7, 11) is 2.95. The zero-order chi connectivity index (χ0) is 17.7. The second-order valence-electron chi connectivity index (χ2n) is 5.33. The maximum absolute atomic E-state index is 12.3. The summed E-state index contributed by atoms with van der Waals surface area (Å²) in [5.41, 5.74) is 1.73. The van der Waals surface area contributed by atoms with Gasteiger partial charge in [-0.25, -0.2) is 4.79 Å². The molecule has 1 heterocycles. The van der Waals surface area contributed by atoms with E-state index in [1.807, 2.05) is 6.07 Å². The molecule has 7 heteroatoms. The van der Waals surface area contributed by atoms with Gasteiger partial charge >= 0.3 is 5.97 Å². The Kier molecular flexibility index (Phi) is 5.47. The summed E-state index contributed by atoms with van der Waals surface area (Å²) < 4.78 is 5.10. The number of esters is 1. The van der Waals surface area contributed by atoms with Crippen molar-refractivity contribution in [2.45, 2.75) is 6.92 Å². The van der Waals surface area contributed by atoms with E-state index < -0.39 is 18.5 Å². The number of fused-ring (bicyclic) bond motifs is 1. The SMILES string of the molecule is CNC(=O)CN(C)C(=O)COC(=O)c1cc(C)nc2ccccc12. The van der Waals surface area contributed by atoms with E-state index in [1.165, 1.54) is 19.0 Å². The maximum Gasteiger partial charge on any atom is 0.339 e. The minimum absolute atomic E-state index is 0.0931. The smallest absolute Gasteiger partial charge is 0.339 e. The predicted molar refractivity (Wildman–Crippen MR) is 88.5 cm³/mol. The molecule has 2 aromatic rings. The second kappa shape index (κ2) is 7.54. The summed E-state index contributed by atoms with van der Waals surface area (Å²) >= 11 is 0. The van der Waals surface area contributed by atoms with Gasteiger partial charge in [-0.05, 0) is 19.1 Å². The Balaban J connectivity index is 2.08. The highest BCUT2D eigenvalue weighted by Gasteiger charge is 2.17. The molecule has 0 bridgehead atoms. The number of aryl methyl sites for hydroxylation is 1. The number of amides is 2. The van der Waals surface area contributed by atoms with E-state index in [0.717, 1.165) is 0 Å². The highest BCUT2D eigenvalue weighted by atomic mass is 16.5. The molecule has 0 fully saturated rings. The molecule has 0 saturated heterocycles. The Morgan fingerprint density at radius 1 is 1.25 bits per heavy atom. The Morgan fingerprint density at radius 3 is 2.67 bits per heavy atom. The van der Waals surface area contributed by atoms with E-state index in [4.69, 9.17) is 4.74 Å². The first-order valence-electron chi connectivity index (χ1n) is 7.40. The molecule has 0 atom stereocenters. The highest BCUT2D eigenvalue weighted by molar-refractivity contribution is 6.04. The van der Waals surface area contributed by atoms with Gasteiger partial charge in [0.15, 0.2) is 6.61 Å². The van der Waals surface area contributed by atoms with Gasteiger partial charge in [0.1, 0.15) is 0 Å².